The van der Waals surface area contributed by atoms with Crippen molar-refractivity contribution in [2.45, 2.75) is 69.9 Å². The summed E-state index contributed by atoms with van der Waals surface area (Å²) in [4.78, 5) is 9.61. The number of rotatable bonds is 7. The van der Waals surface area contributed by atoms with Crippen molar-refractivity contribution in [2.75, 3.05) is 46.8 Å². The number of likely N-dealkylation sites (N-methyl/N-ethyl adjacent to an activating group) is 1. The summed E-state index contributed by atoms with van der Waals surface area (Å²) in [6.45, 7) is 5.82. The van der Waals surface area contributed by atoms with Gasteiger partial charge < -0.3 is 20.4 Å². The van der Waals surface area contributed by atoms with Crippen LogP contribution in [0, 0.1) is 5.92 Å². The van der Waals surface area contributed by atoms with Gasteiger partial charge in [-0.05, 0) is 45.1 Å². The smallest absolute Gasteiger partial charge is 0.191 e. The normalized spacial score (nSPS) is 26.8. The molecule has 0 spiro atoms. The van der Waals surface area contributed by atoms with Crippen molar-refractivity contribution in [3.05, 3.63) is 0 Å². The molecule has 0 aromatic rings. The van der Waals surface area contributed by atoms with Gasteiger partial charge in [0.05, 0.1) is 0 Å². The quantitative estimate of drug-likeness (QED) is 0.547. The first-order chi connectivity index (χ1) is 12.2. The second-order valence-electron chi connectivity index (χ2n) is 8.46. The topological polar surface area (TPSA) is 42.9 Å². The number of nitrogens with one attached hydrogen (secondary N) is 2. The number of guanidine groups is 1. The molecule has 2 saturated carbocycles. The van der Waals surface area contributed by atoms with E-state index in [-0.39, 0.29) is 0 Å². The van der Waals surface area contributed by atoms with Crippen molar-refractivity contribution in [1.29, 1.82) is 0 Å². The predicted molar refractivity (Wildman–Crippen MR) is 106 cm³/mol. The zero-order valence-corrected chi connectivity index (χ0v) is 16.5. The third-order valence-corrected chi connectivity index (χ3v) is 6.53. The van der Waals surface area contributed by atoms with Crippen LogP contribution in [0.2, 0.25) is 0 Å². The van der Waals surface area contributed by atoms with Crippen LogP contribution in [0.4, 0.5) is 0 Å². The van der Waals surface area contributed by atoms with Crippen LogP contribution >= 0.6 is 0 Å². The first kappa shape index (κ1) is 19.0. The highest BCUT2D eigenvalue weighted by atomic mass is 15.2. The van der Waals surface area contributed by atoms with E-state index in [1.54, 1.807) is 0 Å². The molecule has 5 heteroatoms. The Morgan fingerprint density at radius 3 is 2.52 bits per heavy atom. The maximum Gasteiger partial charge on any atom is 0.191 e. The van der Waals surface area contributed by atoms with Gasteiger partial charge in [-0.15, -0.1) is 0 Å². The fourth-order valence-corrected chi connectivity index (χ4v) is 4.94. The summed E-state index contributed by atoms with van der Waals surface area (Å²) in [5.41, 5.74) is 0. The lowest BCUT2D eigenvalue weighted by molar-refractivity contribution is 0.249. The van der Waals surface area contributed by atoms with E-state index in [1.165, 1.54) is 77.4 Å². The van der Waals surface area contributed by atoms with Gasteiger partial charge >= 0.3 is 0 Å². The molecule has 0 aromatic heterocycles. The molecule has 1 heterocycles. The van der Waals surface area contributed by atoms with Gasteiger partial charge in [0.25, 0.3) is 0 Å². The summed E-state index contributed by atoms with van der Waals surface area (Å²) in [6.07, 6.45) is 12.6. The summed E-state index contributed by atoms with van der Waals surface area (Å²) in [6, 6.07) is 1.36. The van der Waals surface area contributed by atoms with E-state index in [2.05, 4.69) is 32.5 Å². The molecule has 3 fully saturated rings. The number of nitrogens with zero attached hydrogens (tertiary/aromatic N) is 3. The molecule has 1 atom stereocenters. The molecule has 0 radical (unpaired) electrons. The molecule has 3 rings (SSSR count). The maximum atomic E-state index is 4.43. The molecule has 1 unspecified atom stereocenters. The molecule has 2 aliphatic carbocycles. The molecule has 1 saturated heterocycles. The van der Waals surface area contributed by atoms with Gasteiger partial charge in [-0.25, -0.2) is 0 Å². The fourth-order valence-electron chi connectivity index (χ4n) is 4.94. The van der Waals surface area contributed by atoms with Gasteiger partial charge in [-0.2, -0.15) is 0 Å². The Bertz CT molecular complexity index is 412. The summed E-state index contributed by atoms with van der Waals surface area (Å²) in [5, 5.41) is 7.16. The highest BCUT2D eigenvalue weighted by Crippen LogP contribution is 2.26. The Morgan fingerprint density at radius 1 is 1.08 bits per heavy atom. The van der Waals surface area contributed by atoms with Crippen LogP contribution < -0.4 is 10.6 Å². The molecule has 0 amide bonds. The van der Waals surface area contributed by atoms with Gasteiger partial charge in [-0.1, -0.05) is 25.7 Å². The van der Waals surface area contributed by atoms with Crippen LogP contribution in [-0.4, -0.2) is 74.7 Å². The standard InChI is InChI=1S/C20H39N5/c1-21-20(22-12-14-24(2)19-9-5-6-10-19)23-18-11-13-25(16-18)15-17-7-3-4-8-17/h17-19H,3-16H2,1-2H3,(H2,21,22,23). The van der Waals surface area contributed by atoms with E-state index in [4.69, 9.17) is 0 Å². The Labute approximate surface area is 154 Å². The van der Waals surface area contributed by atoms with E-state index in [9.17, 15) is 0 Å². The SMILES string of the molecule is CN=C(NCCN(C)C1CCCC1)NC1CCN(CC2CCCC2)C1. The molecule has 0 bridgehead atoms. The Morgan fingerprint density at radius 2 is 1.80 bits per heavy atom. The summed E-state index contributed by atoms with van der Waals surface area (Å²) >= 11 is 0. The van der Waals surface area contributed by atoms with Crippen LogP contribution in [0.25, 0.3) is 0 Å². The van der Waals surface area contributed by atoms with Crippen molar-refractivity contribution in [2.24, 2.45) is 10.9 Å². The minimum absolute atomic E-state index is 0.556. The first-order valence-corrected chi connectivity index (χ1v) is 10.6. The summed E-state index contributed by atoms with van der Waals surface area (Å²) in [7, 11) is 4.16. The van der Waals surface area contributed by atoms with E-state index in [0.29, 0.717) is 6.04 Å². The molecule has 2 N–H and O–H groups in total. The van der Waals surface area contributed by atoms with E-state index in [0.717, 1.165) is 31.0 Å². The molecule has 144 valence electrons. The lowest BCUT2D eigenvalue weighted by atomic mass is 10.1. The van der Waals surface area contributed by atoms with Crippen LogP contribution in [0.1, 0.15) is 57.8 Å². The Balaban J connectivity index is 1.32. The van der Waals surface area contributed by atoms with Crippen molar-refractivity contribution in [3.8, 4) is 0 Å². The van der Waals surface area contributed by atoms with Crippen LogP contribution in [-0.2, 0) is 0 Å². The second-order valence-corrected chi connectivity index (χ2v) is 8.46. The zero-order valence-electron chi connectivity index (χ0n) is 16.5. The number of hydrogen-bond donors (Lipinski definition) is 2. The van der Waals surface area contributed by atoms with E-state index in [1.807, 2.05) is 7.05 Å². The fraction of sp³-hybridized carbons (Fsp3) is 0.950. The molecule has 1 aliphatic heterocycles. The molecular formula is C20H39N5. The molecule has 25 heavy (non-hydrogen) atoms. The van der Waals surface area contributed by atoms with Gasteiger partial charge in [-0.3, -0.25) is 4.99 Å². The van der Waals surface area contributed by atoms with Gasteiger partial charge in [0.2, 0.25) is 0 Å². The monoisotopic (exact) mass is 349 g/mol. The lowest BCUT2D eigenvalue weighted by Gasteiger charge is -2.25. The molecule has 3 aliphatic rings. The Hall–Kier alpha value is -0.810. The minimum Gasteiger partial charge on any atom is -0.355 e. The van der Waals surface area contributed by atoms with Gasteiger partial charge in [0.15, 0.2) is 5.96 Å². The maximum absolute atomic E-state index is 4.43. The van der Waals surface area contributed by atoms with Gasteiger partial charge in [0.1, 0.15) is 0 Å². The summed E-state index contributed by atoms with van der Waals surface area (Å²) < 4.78 is 0. The van der Waals surface area contributed by atoms with Crippen LogP contribution in [0.3, 0.4) is 0 Å². The molecule has 0 aromatic carbocycles. The van der Waals surface area contributed by atoms with E-state index < -0.39 is 0 Å². The van der Waals surface area contributed by atoms with Crippen LogP contribution in [0.5, 0.6) is 0 Å². The second kappa shape index (κ2) is 9.77. The average molecular weight is 350 g/mol. The largest absolute Gasteiger partial charge is 0.355 e. The summed E-state index contributed by atoms with van der Waals surface area (Å²) in [5.74, 6) is 1.94. The average Bonchev–Trinajstić information content (AvgIpc) is 3.37. The highest BCUT2D eigenvalue weighted by molar-refractivity contribution is 5.80. The first-order valence-electron chi connectivity index (χ1n) is 10.6. The van der Waals surface area contributed by atoms with Crippen molar-refractivity contribution >= 4 is 5.96 Å². The molecular weight excluding hydrogens is 310 g/mol. The number of hydrogen-bond acceptors (Lipinski definition) is 3. The zero-order chi connectivity index (χ0) is 17.5. The van der Waals surface area contributed by atoms with Gasteiger partial charge in [0, 0.05) is 51.9 Å². The number of likely N-dealkylation sites (tertiary alicyclic amines) is 1. The molecule has 5 nitrogen and oxygen atoms in total. The third-order valence-electron chi connectivity index (χ3n) is 6.53. The van der Waals surface area contributed by atoms with Crippen LogP contribution in [0.15, 0.2) is 4.99 Å². The predicted octanol–water partition coefficient (Wildman–Crippen LogP) is 2.29. The minimum atomic E-state index is 0.556. The number of aliphatic imine (C=N–C) groups is 1. The third kappa shape index (κ3) is 5.85. The van der Waals surface area contributed by atoms with Crippen molar-refractivity contribution in [1.82, 2.24) is 20.4 Å². The van der Waals surface area contributed by atoms with E-state index >= 15 is 0 Å². The van der Waals surface area contributed by atoms with Crippen molar-refractivity contribution in [3.63, 3.8) is 0 Å². The lowest BCUT2D eigenvalue weighted by Crippen LogP contribution is -2.47. The Kier molecular flexibility index (Phi) is 7.41. The highest BCUT2D eigenvalue weighted by Gasteiger charge is 2.26. The van der Waals surface area contributed by atoms with Crippen molar-refractivity contribution < 1.29 is 0 Å².